The van der Waals surface area contributed by atoms with Crippen LogP contribution in [0.5, 0.6) is 0 Å². The number of nitrogens with one attached hydrogen (secondary N) is 3. The number of hydrogen-bond donors (Lipinski definition) is 3. The van der Waals surface area contributed by atoms with E-state index in [1.54, 1.807) is 26.4 Å². The van der Waals surface area contributed by atoms with E-state index in [-0.39, 0.29) is 5.91 Å². The number of guanidine groups is 1. The van der Waals surface area contributed by atoms with Crippen LogP contribution in [0.3, 0.4) is 0 Å². The SMILES string of the molecule is CN=C(NCCCOCCOC)NCCC(=O)Nc1ccc(C)cn1. The Hall–Kier alpha value is -2.19. The predicted molar refractivity (Wildman–Crippen MR) is 98.9 cm³/mol. The van der Waals surface area contributed by atoms with Crippen LogP contribution < -0.4 is 16.0 Å². The first-order valence-electron chi connectivity index (χ1n) is 8.39. The molecule has 0 saturated carbocycles. The van der Waals surface area contributed by atoms with E-state index in [9.17, 15) is 4.79 Å². The number of carbonyl (C=O) groups excluding carboxylic acids is 1. The van der Waals surface area contributed by atoms with E-state index in [1.165, 1.54) is 0 Å². The number of aliphatic imine (C=N–C) groups is 1. The largest absolute Gasteiger partial charge is 0.382 e. The lowest BCUT2D eigenvalue weighted by atomic mass is 10.3. The smallest absolute Gasteiger partial charge is 0.227 e. The summed E-state index contributed by atoms with van der Waals surface area (Å²) in [5, 5.41) is 9.04. The van der Waals surface area contributed by atoms with Crippen molar-refractivity contribution in [3.63, 3.8) is 0 Å². The summed E-state index contributed by atoms with van der Waals surface area (Å²) in [5.41, 5.74) is 1.05. The highest BCUT2D eigenvalue weighted by atomic mass is 16.5. The van der Waals surface area contributed by atoms with Crippen molar-refractivity contribution in [3.8, 4) is 0 Å². The van der Waals surface area contributed by atoms with Crippen molar-refractivity contribution in [1.82, 2.24) is 15.6 Å². The summed E-state index contributed by atoms with van der Waals surface area (Å²) in [7, 11) is 3.35. The average Bonchev–Trinajstić information content (AvgIpc) is 2.61. The molecule has 0 aromatic carbocycles. The lowest BCUT2D eigenvalue weighted by Crippen LogP contribution is -2.39. The second-order valence-electron chi connectivity index (χ2n) is 5.40. The summed E-state index contributed by atoms with van der Waals surface area (Å²) in [4.78, 5) is 20.1. The molecule has 1 heterocycles. The molecule has 0 radical (unpaired) electrons. The van der Waals surface area contributed by atoms with Crippen LogP contribution in [-0.4, -0.2) is 63.9 Å². The maximum atomic E-state index is 11.9. The Morgan fingerprint density at radius 1 is 1.20 bits per heavy atom. The maximum absolute atomic E-state index is 11.9. The van der Waals surface area contributed by atoms with Crippen LogP contribution in [0, 0.1) is 6.92 Å². The van der Waals surface area contributed by atoms with E-state index in [4.69, 9.17) is 9.47 Å². The van der Waals surface area contributed by atoms with Gasteiger partial charge in [-0.05, 0) is 25.0 Å². The average molecular weight is 351 g/mol. The standard InChI is InChI=1S/C17H29N5O3/c1-14-5-6-15(21-13-14)22-16(23)7-9-20-17(18-2)19-8-4-10-25-12-11-24-3/h5-6,13H,4,7-12H2,1-3H3,(H2,18,19,20)(H,21,22,23). The van der Waals surface area contributed by atoms with Gasteiger partial charge in [-0.3, -0.25) is 9.79 Å². The first-order chi connectivity index (χ1) is 12.2. The molecule has 1 rings (SSSR count). The van der Waals surface area contributed by atoms with E-state index in [1.807, 2.05) is 13.0 Å². The molecule has 3 N–H and O–H groups in total. The summed E-state index contributed by atoms with van der Waals surface area (Å²) in [6.45, 7) is 5.06. The molecule has 1 aromatic heterocycles. The highest BCUT2D eigenvalue weighted by Crippen LogP contribution is 2.03. The van der Waals surface area contributed by atoms with Crippen LogP contribution in [0.15, 0.2) is 23.3 Å². The molecule has 0 aliphatic carbocycles. The molecule has 1 amide bonds. The maximum Gasteiger partial charge on any atom is 0.227 e. The van der Waals surface area contributed by atoms with Crippen LogP contribution in [0.4, 0.5) is 5.82 Å². The van der Waals surface area contributed by atoms with E-state index < -0.39 is 0 Å². The van der Waals surface area contributed by atoms with Crippen molar-refractivity contribution < 1.29 is 14.3 Å². The van der Waals surface area contributed by atoms with Crippen molar-refractivity contribution in [2.75, 3.05) is 52.4 Å². The number of hydrogen-bond acceptors (Lipinski definition) is 5. The van der Waals surface area contributed by atoms with Gasteiger partial charge in [0, 0.05) is 46.5 Å². The molecule has 0 bridgehead atoms. The highest BCUT2D eigenvalue weighted by molar-refractivity contribution is 5.90. The number of pyridine rings is 1. The van der Waals surface area contributed by atoms with Gasteiger partial charge in [0.05, 0.1) is 13.2 Å². The van der Waals surface area contributed by atoms with E-state index in [0.717, 1.165) is 18.5 Å². The fraction of sp³-hybridized carbons (Fsp3) is 0.588. The van der Waals surface area contributed by atoms with Gasteiger partial charge in [-0.25, -0.2) is 4.98 Å². The lowest BCUT2D eigenvalue weighted by Gasteiger charge is -2.12. The molecule has 25 heavy (non-hydrogen) atoms. The third-order valence-corrected chi connectivity index (χ3v) is 3.24. The minimum atomic E-state index is -0.0918. The van der Waals surface area contributed by atoms with E-state index >= 15 is 0 Å². The third-order valence-electron chi connectivity index (χ3n) is 3.24. The Labute approximate surface area is 149 Å². The first-order valence-corrected chi connectivity index (χ1v) is 8.39. The molecule has 0 fully saturated rings. The Kier molecular flexibility index (Phi) is 11.0. The zero-order chi connectivity index (χ0) is 18.3. The van der Waals surface area contributed by atoms with Crippen molar-refractivity contribution in [2.45, 2.75) is 19.8 Å². The van der Waals surface area contributed by atoms with Crippen molar-refractivity contribution in [3.05, 3.63) is 23.9 Å². The molecular weight excluding hydrogens is 322 g/mol. The fourth-order valence-electron chi connectivity index (χ4n) is 1.89. The summed E-state index contributed by atoms with van der Waals surface area (Å²) in [6.07, 6.45) is 2.92. The highest BCUT2D eigenvalue weighted by Gasteiger charge is 2.04. The minimum Gasteiger partial charge on any atom is -0.382 e. The number of aromatic nitrogens is 1. The first kappa shape index (κ1) is 20.9. The number of ether oxygens (including phenoxy) is 2. The third kappa shape index (κ3) is 10.3. The number of anilines is 1. The van der Waals surface area contributed by atoms with Crippen molar-refractivity contribution in [2.24, 2.45) is 4.99 Å². The number of carbonyl (C=O) groups is 1. The van der Waals surface area contributed by atoms with E-state index in [2.05, 4.69) is 25.9 Å². The second-order valence-corrected chi connectivity index (χ2v) is 5.40. The van der Waals surface area contributed by atoms with Gasteiger partial charge in [-0.2, -0.15) is 0 Å². The van der Waals surface area contributed by atoms with Crippen molar-refractivity contribution in [1.29, 1.82) is 0 Å². The molecule has 0 saturated heterocycles. The second kappa shape index (κ2) is 13.1. The molecule has 0 spiro atoms. The predicted octanol–water partition coefficient (Wildman–Crippen LogP) is 0.937. The van der Waals surface area contributed by atoms with Gasteiger partial charge in [0.1, 0.15) is 5.82 Å². The molecular formula is C17H29N5O3. The normalized spacial score (nSPS) is 11.2. The molecule has 0 aliphatic heterocycles. The summed E-state index contributed by atoms with van der Waals surface area (Å²) in [5.74, 6) is 1.13. The number of rotatable bonds is 11. The number of aryl methyl sites for hydroxylation is 1. The van der Waals surface area contributed by atoms with Gasteiger partial charge in [0.2, 0.25) is 5.91 Å². The summed E-state index contributed by atoms with van der Waals surface area (Å²) >= 11 is 0. The van der Waals surface area contributed by atoms with Gasteiger partial charge >= 0.3 is 0 Å². The summed E-state index contributed by atoms with van der Waals surface area (Å²) < 4.78 is 10.3. The molecule has 8 heteroatoms. The molecule has 0 aliphatic rings. The number of amides is 1. The number of nitrogens with zero attached hydrogens (tertiary/aromatic N) is 2. The van der Waals surface area contributed by atoms with Crippen LogP contribution in [0.25, 0.3) is 0 Å². The zero-order valence-corrected chi connectivity index (χ0v) is 15.3. The summed E-state index contributed by atoms with van der Waals surface area (Å²) in [6, 6.07) is 3.70. The van der Waals surface area contributed by atoms with E-state index in [0.29, 0.717) is 44.6 Å². The van der Waals surface area contributed by atoms with Crippen LogP contribution in [0.2, 0.25) is 0 Å². The van der Waals surface area contributed by atoms with Gasteiger partial charge in [-0.15, -0.1) is 0 Å². The van der Waals surface area contributed by atoms with Crippen molar-refractivity contribution >= 4 is 17.7 Å². The quantitative estimate of drug-likeness (QED) is 0.312. The van der Waals surface area contributed by atoms with Crippen LogP contribution in [-0.2, 0) is 14.3 Å². The molecule has 0 atom stereocenters. The van der Waals surface area contributed by atoms with Crippen LogP contribution >= 0.6 is 0 Å². The number of methoxy groups -OCH3 is 1. The monoisotopic (exact) mass is 351 g/mol. The Morgan fingerprint density at radius 3 is 2.68 bits per heavy atom. The Morgan fingerprint density at radius 2 is 2.00 bits per heavy atom. The zero-order valence-electron chi connectivity index (χ0n) is 15.3. The Balaban J connectivity index is 2.11. The molecule has 1 aromatic rings. The fourth-order valence-corrected chi connectivity index (χ4v) is 1.89. The van der Waals surface area contributed by atoms with Gasteiger partial charge in [-0.1, -0.05) is 6.07 Å². The lowest BCUT2D eigenvalue weighted by molar-refractivity contribution is -0.116. The topological polar surface area (TPSA) is 96.9 Å². The van der Waals surface area contributed by atoms with Gasteiger partial charge in [0.25, 0.3) is 0 Å². The Bertz CT molecular complexity index is 520. The van der Waals surface area contributed by atoms with Gasteiger partial charge in [0.15, 0.2) is 5.96 Å². The molecule has 140 valence electrons. The molecule has 0 unspecified atom stereocenters. The molecule has 8 nitrogen and oxygen atoms in total. The van der Waals surface area contributed by atoms with Gasteiger partial charge < -0.3 is 25.4 Å². The van der Waals surface area contributed by atoms with Crippen LogP contribution in [0.1, 0.15) is 18.4 Å². The minimum absolute atomic E-state index is 0.0918.